The Bertz CT molecular complexity index is 671. The van der Waals surface area contributed by atoms with E-state index in [4.69, 9.17) is 12.3 Å². The van der Waals surface area contributed by atoms with Crippen molar-refractivity contribution in [2.45, 2.75) is 12.8 Å². The minimum absolute atomic E-state index is 0. The molecule has 1 aliphatic rings. The van der Waals surface area contributed by atoms with Gasteiger partial charge in [-0.3, -0.25) is 6.08 Å². The summed E-state index contributed by atoms with van der Waals surface area (Å²) >= 11 is 0. The van der Waals surface area contributed by atoms with Crippen molar-refractivity contribution in [3.8, 4) is 11.1 Å². The van der Waals surface area contributed by atoms with E-state index in [0.29, 0.717) is 0 Å². The fourth-order valence-electron chi connectivity index (χ4n) is 2.76. The number of rotatable bonds is 2. The molecular weight excluding hydrogens is 319 g/mol. The average Bonchev–Trinajstić information content (AvgIpc) is 2.45. The molecule has 2 aromatic rings. The number of anilines is 1. The number of hydrogen-bond donors (Lipinski definition) is 1. The summed E-state index contributed by atoms with van der Waals surface area (Å²) in [7, 11) is 0. The summed E-state index contributed by atoms with van der Waals surface area (Å²) in [6.45, 7) is 5.41. The zero-order chi connectivity index (χ0) is 13.2. The van der Waals surface area contributed by atoms with Crippen LogP contribution < -0.4 is 5.73 Å². The summed E-state index contributed by atoms with van der Waals surface area (Å²) in [6.07, 6.45) is 8.56. The number of fused-ring (bicyclic) bond motifs is 3. The third-order valence-electron chi connectivity index (χ3n) is 3.58. The summed E-state index contributed by atoms with van der Waals surface area (Å²) in [5, 5.41) is 0. The van der Waals surface area contributed by atoms with Crippen molar-refractivity contribution in [3.05, 3.63) is 77.9 Å². The zero-order valence-corrected chi connectivity index (χ0v) is 14.1. The van der Waals surface area contributed by atoms with Gasteiger partial charge in [-0.25, -0.2) is 6.08 Å². The molecule has 20 heavy (non-hydrogen) atoms. The van der Waals surface area contributed by atoms with Gasteiger partial charge in [-0.2, -0.15) is 5.56 Å². The number of hydrogen-bond acceptors (Lipinski definition) is 1. The minimum Gasteiger partial charge on any atom is -0.399 e. The number of allylic oxidation sites excluding steroid dienone is 2. The maximum absolute atomic E-state index is 6.18. The molecule has 0 saturated heterocycles. The zero-order valence-electron chi connectivity index (χ0n) is 11.3. The van der Waals surface area contributed by atoms with E-state index < -0.39 is 0 Å². The van der Waals surface area contributed by atoms with Gasteiger partial charge in [0, 0.05) is 38.4 Å². The van der Waals surface area contributed by atoms with Gasteiger partial charge in [0.15, 0.2) is 0 Å². The van der Waals surface area contributed by atoms with E-state index in [-0.39, 0.29) is 32.7 Å². The Labute approximate surface area is 145 Å². The van der Waals surface area contributed by atoms with Gasteiger partial charge in [-0.1, -0.05) is 29.3 Å². The van der Waals surface area contributed by atoms with Crippen LogP contribution in [0.5, 0.6) is 0 Å². The molecule has 0 aromatic heterocycles. The van der Waals surface area contributed by atoms with Gasteiger partial charge < -0.3 is 18.4 Å². The molecule has 0 unspecified atom stereocenters. The fraction of sp³-hybridized carbons (Fsp3) is 0.111. The first-order valence-corrected chi connectivity index (χ1v) is 6.44. The number of aryl methyl sites for hydroxylation is 2. The van der Waals surface area contributed by atoms with Crippen LogP contribution in [0.4, 0.5) is 5.69 Å². The van der Waals surface area contributed by atoms with Crippen molar-refractivity contribution in [2.75, 3.05) is 5.73 Å². The van der Waals surface area contributed by atoms with Crippen molar-refractivity contribution in [3.63, 3.8) is 0 Å². The van der Waals surface area contributed by atoms with E-state index in [1.165, 1.54) is 22.8 Å². The fourth-order valence-corrected chi connectivity index (χ4v) is 2.76. The second kappa shape index (κ2) is 6.52. The van der Waals surface area contributed by atoms with Crippen LogP contribution in [-0.4, -0.2) is 0 Å². The Morgan fingerprint density at radius 1 is 1.00 bits per heavy atom. The molecule has 97 valence electrons. The molecule has 2 aromatic carbocycles. The van der Waals surface area contributed by atoms with E-state index in [1.807, 2.05) is 12.1 Å². The summed E-state index contributed by atoms with van der Waals surface area (Å²) in [5.41, 5.74) is 13.1. The SMILES string of the molecule is [CH-]=CC=[C-]c1cccc2c1-c1c(N)cccc1CC2.[Y]. The van der Waals surface area contributed by atoms with E-state index >= 15 is 0 Å². The Kier molecular flexibility index (Phi) is 4.96. The van der Waals surface area contributed by atoms with Crippen LogP contribution in [0.3, 0.4) is 0 Å². The topological polar surface area (TPSA) is 26.0 Å². The van der Waals surface area contributed by atoms with Crippen LogP contribution in [-0.2, 0) is 45.6 Å². The third-order valence-corrected chi connectivity index (χ3v) is 3.58. The molecule has 0 atom stereocenters. The Morgan fingerprint density at radius 3 is 2.35 bits per heavy atom. The molecule has 0 saturated carbocycles. The van der Waals surface area contributed by atoms with E-state index in [2.05, 4.69) is 30.3 Å². The summed E-state index contributed by atoms with van der Waals surface area (Å²) in [5.74, 6) is 0. The van der Waals surface area contributed by atoms with Gasteiger partial charge in [0.1, 0.15) is 0 Å². The van der Waals surface area contributed by atoms with Crippen molar-refractivity contribution in [2.24, 2.45) is 0 Å². The van der Waals surface area contributed by atoms with Gasteiger partial charge in [-0.15, -0.1) is 12.1 Å². The van der Waals surface area contributed by atoms with Gasteiger partial charge >= 0.3 is 0 Å². The first-order chi connectivity index (χ1) is 9.31. The predicted molar refractivity (Wildman–Crippen MR) is 79.5 cm³/mol. The molecule has 3 rings (SSSR count). The van der Waals surface area contributed by atoms with Crippen LogP contribution in [0.15, 0.2) is 48.6 Å². The Hall–Kier alpha value is -1.18. The molecule has 0 bridgehead atoms. The first-order valence-electron chi connectivity index (χ1n) is 6.44. The number of benzene rings is 2. The smallest absolute Gasteiger partial charge is 0.0302 e. The van der Waals surface area contributed by atoms with Crippen LogP contribution >= 0.6 is 0 Å². The number of nitrogens with two attached hydrogens (primary N) is 1. The molecule has 2 N–H and O–H groups in total. The largest absolute Gasteiger partial charge is 0.399 e. The van der Waals surface area contributed by atoms with Gasteiger partial charge in [0.05, 0.1) is 0 Å². The van der Waals surface area contributed by atoms with E-state index in [9.17, 15) is 0 Å². The van der Waals surface area contributed by atoms with E-state index in [0.717, 1.165) is 29.7 Å². The summed E-state index contributed by atoms with van der Waals surface area (Å²) in [6, 6.07) is 12.4. The minimum atomic E-state index is 0. The van der Waals surface area contributed by atoms with Crippen molar-refractivity contribution in [1.82, 2.24) is 0 Å². The summed E-state index contributed by atoms with van der Waals surface area (Å²) in [4.78, 5) is 0. The van der Waals surface area contributed by atoms with Crippen molar-refractivity contribution >= 4 is 5.69 Å². The second-order valence-corrected chi connectivity index (χ2v) is 4.72. The first kappa shape index (κ1) is 15.2. The third kappa shape index (κ3) is 2.66. The standard InChI is InChI=1S/C18H15N.Y/c1-2-3-6-13-7-4-8-14-11-12-15-9-5-10-16(19)18(15)17(13)14;/h1-5,7-10H,11-12,19H2;/q-2;. The quantitative estimate of drug-likeness (QED) is 0.506. The molecule has 2 heteroatoms. The van der Waals surface area contributed by atoms with Gasteiger partial charge in [-0.05, 0) is 30.0 Å². The van der Waals surface area contributed by atoms with Crippen LogP contribution in [0.1, 0.15) is 16.7 Å². The van der Waals surface area contributed by atoms with Crippen LogP contribution in [0.25, 0.3) is 11.1 Å². The predicted octanol–water partition coefficient (Wildman–Crippen LogP) is 3.73. The van der Waals surface area contributed by atoms with Crippen molar-refractivity contribution in [1.29, 1.82) is 0 Å². The monoisotopic (exact) mass is 334 g/mol. The molecule has 1 aliphatic carbocycles. The molecule has 1 nitrogen and oxygen atoms in total. The number of nitrogen functional groups attached to an aromatic ring is 1. The Balaban J connectivity index is 0.00000147. The van der Waals surface area contributed by atoms with Crippen LogP contribution in [0, 0.1) is 12.7 Å². The van der Waals surface area contributed by atoms with E-state index in [1.54, 1.807) is 6.08 Å². The van der Waals surface area contributed by atoms with Gasteiger partial charge in [0.25, 0.3) is 0 Å². The molecule has 0 heterocycles. The average molecular weight is 334 g/mol. The van der Waals surface area contributed by atoms with Crippen LogP contribution in [0.2, 0.25) is 0 Å². The molecular formula is C18H15NY-2. The maximum Gasteiger partial charge on any atom is 0.0302 e. The molecule has 0 aliphatic heterocycles. The molecule has 0 spiro atoms. The van der Waals surface area contributed by atoms with Crippen molar-refractivity contribution < 1.29 is 32.7 Å². The molecule has 1 radical (unpaired) electrons. The maximum atomic E-state index is 6.18. The second-order valence-electron chi connectivity index (χ2n) is 4.72. The Morgan fingerprint density at radius 2 is 1.65 bits per heavy atom. The van der Waals surface area contributed by atoms with Gasteiger partial charge in [0.2, 0.25) is 0 Å². The normalized spacial score (nSPS) is 12.4. The molecule has 0 amide bonds. The summed E-state index contributed by atoms with van der Waals surface area (Å²) < 4.78 is 0. The molecule has 0 fully saturated rings.